The molecule has 1 heterocycles. The van der Waals surface area contributed by atoms with E-state index in [9.17, 15) is 10.4 Å². The number of hydrogen-bond donors (Lipinski definition) is 3. The molecule has 3 N–H and O–H groups in total. The fourth-order valence-electron chi connectivity index (χ4n) is 3.77. The van der Waals surface area contributed by atoms with Crippen LogP contribution in [0.3, 0.4) is 0 Å². The molecule has 2 atom stereocenters. The lowest BCUT2D eigenvalue weighted by Crippen LogP contribution is -2.41. The molecule has 0 bridgehead atoms. The second-order valence-electron chi connectivity index (χ2n) is 7.84. The Morgan fingerprint density at radius 3 is 2.76 bits per heavy atom. The topological polar surface area (TPSA) is 88.4 Å². The number of nitrogens with zero attached hydrogens (tertiary/aromatic N) is 3. The van der Waals surface area contributed by atoms with Crippen LogP contribution in [0.4, 0.5) is 5.69 Å². The molecule has 8 heteroatoms. The van der Waals surface area contributed by atoms with Crippen molar-refractivity contribution in [1.82, 2.24) is 20.4 Å². The zero-order chi connectivity index (χ0) is 21.1. The van der Waals surface area contributed by atoms with E-state index < -0.39 is 0 Å². The van der Waals surface area contributed by atoms with E-state index in [4.69, 9.17) is 12.2 Å². The summed E-state index contributed by atoms with van der Waals surface area (Å²) in [4.78, 5) is 0. The summed E-state index contributed by atoms with van der Waals surface area (Å²) >= 11 is 5.39. The van der Waals surface area contributed by atoms with Crippen molar-refractivity contribution in [3.05, 3.63) is 58.6 Å². The Kier molecular flexibility index (Phi) is 6.56. The van der Waals surface area contributed by atoms with Gasteiger partial charge in [0.15, 0.2) is 5.11 Å². The van der Waals surface area contributed by atoms with Crippen LogP contribution in [0.15, 0.2) is 36.4 Å². The molecule has 0 spiro atoms. The van der Waals surface area contributed by atoms with Crippen LogP contribution in [0.5, 0.6) is 0 Å². The SMILES string of the molecule is Cc1nn(-c2ccccc2N([O-])O)c(C)c1C1C=CC(NC(=S)NCC(C)C)C1. The number of nitrogens with one attached hydrogen (secondary N) is 2. The third-order valence-electron chi connectivity index (χ3n) is 5.11. The van der Waals surface area contributed by atoms with Crippen LogP contribution in [0.2, 0.25) is 0 Å². The molecule has 0 amide bonds. The van der Waals surface area contributed by atoms with Gasteiger partial charge in [0.1, 0.15) is 0 Å². The third kappa shape index (κ3) is 4.77. The molecule has 29 heavy (non-hydrogen) atoms. The van der Waals surface area contributed by atoms with E-state index in [0.717, 1.165) is 29.9 Å². The number of rotatable bonds is 6. The molecule has 0 fully saturated rings. The predicted octanol–water partition coefficient (Wildman–Crippen LogP) is 3.71. The number of allylic oxidation sites excluding steroid dienone is 1. The number of anilines is 1. The highest BCUT2D eigenvalue weighted by Crippen LogP contribution is 2.35. The van der Waals surface area contributed by atoms with Gasteiger partial charge in [-0.05, 0) is 50.5 Å². The van der Waals surface area contributed by atoms with Gasteiger partial charge in [-0.25, -0.2) is 4.68 Å². The summed E-state index contributed by atoms with van der Waals surface area (Å²) < 4.78 is 1.73. The Balaban J connectivity index is 1.77. The van der Waals surface area contributed by atoms with Crippen molar-refractivity contribution < 1.29 is 5.21 Å². The Morgan fingerprint density at radius 1 is 1.34 bits per heavy atom. The monoisotopic (exact) mass is 414 g/mol. The van der Waals surface area contributed by atoms with Crippen molar-refractivity contribution in [3.63, 3.8) is 0 Å². The van der Waals surface area contributed by atoms with E-state index in [1.54, 1.807) is 22.9 Å². The van der Waals surface area contributed by atoms with Gasteiger partial charge in [0.05, 0.1) is 17.1 Å². The van der Waals surface area contributed by atoms with Crippen LogP contribution < -0.4 is 15.9 Å². The van der Waals surface area contributed by atoms with Crippen molar-refractivity contribution in [2.45, 2.75) is 46.1 Å². The minimum atomic E-state index is -0.119. The van der Waals surface area contributed by atoms with Crippen molar-refractivity contribution >= 4 is 23.0 Å². The van der Waals surface area contributed by atoms with E-state index in [-0.39, 0.29) is 22.9 Å². The molecule has 1 aliphatic carbocycles. The average molecular weight is 415 g/mol. The number of aromatic nitrogens is 2. The van der Waals surface area contributed by atoms with Gasteiger partial charge in [0.25, 0.3) is 0 Å². The Bertz CT molecular complexity index is 906. The first-order valence-corrected chi connectivity index (χ1v) is 10.2. The lowest BCUT2D eigenvalue weighted by molar-refractivity contribution is 0.296. The zero-order valence-corrected chi connectivity index (χ0v) is 18.0. The summed E-state index contributed by atoms with van der Waals surface area (Å²) in [5, 5.41) is 32.8. The lowest BCUT2D eigenvalue weighted by Gasteiger charge is -2.24. The van der Waals surface area contributed by atoms with Gasteiger partial charge in [-0.2, -0.15) is 5.10 Å². The number of hydrogen-bond acceptors (Lipinski definition) is 5. The molecule has 3 rings (SSSR count). The first kappa shape index (κ1) is 21.3. The molecule has 1 aromatic carbocycles. The predicted molar refractivity (Wildman–Crippen MR) is 120 cm³/mol. The van der Waals surface area contributed by atoms with Gasteiger partial charge in [-0.1, -0.05) is 38.1 Å². The minimum Gasteiger partial charge on any atom is -0.733 e. The normalized spacial score (nSPS) is 18.3. The van der Waals surface area contributed by atoms with E-state index in [2.05, 4.69) is 41.7 Å². The minimum absolute atomic E-state index is 0.119. The molecule has 0 radical (unpaired) electrons. The van der Waals surface area contributed by atoms with Gasteiger partial charge in [-0.3, -0.25) is 5.21 Å². The van der Waals surface area contributed by atoms with Gasteiger partial charge < -0.3 is 21.1 Å². The van der Waals surface area contributed by atoms with E-state index in [1.807, 2.05) is 19.9 Å². The largest absolute Gasteiger partial charge is 0.733 e. The summed E-state index contributed by atoms with van der Waals surface area (Å²) in [7, 11) is 0. The van der Waals surface area contributed by atoms with Crippen LogP contribution in [0, 0.1) is 25.0 Å². The standard InChI is InChI=1S/C21H28N5O2S/c1-13(2)12-22-21(29)23-17-10-9-16(11-17)20-14(3)24-25(15(20)4)18-7-5-6-8-19(18)26(27)28/h5-10,13,16-17,27H,11-12H2,1-4H3,(H2,22,23,29)/q-1. The smallest absolute Gasteiger partial charge is 0.166 e. The first-order valence-electron chi connectivity index (χ1n) is 9.82. The molecule has 1 aliphatic rings. The van der Waals surface area contributed by atoms with Gasteiger partial charge >= 0.3 is 0 Å². The van der Waals surface area contributed by atoms with Crippen LogP contribution in [-0.2, 0) is 0 Å². The van der Waals surface area contributed by atoms with E-state index >= 15 is 0 Å². The average Bonchev–Trinajstić information content (AvgIpc) is 3.23. The highest BCUT2D eigenvalue weighted by Gasteiger charge is 2.27. The molecular formula is C21H28N5O2S-. The van der Waals surface area contributed by atoms with Crippen LogP contribution in [-0.4, -0.2) is 32.7 Å². The summed E-state index contributed by atoms with van der Waals surface area (Å²) in [6.07, 6.45) is 5.21. The molecule has 0 saturated heterocycles. The number of aryl methyl sites for hydroxylation is 1. The molecule has 1 aromatic heterocycles. The maximum absolute atomic E-state index is 11.5. The summed E-state index contributed by atoms with van der Waals surface area (Å²) in [5.41, 5.74) is 3.70. The third-order valence-corrected chi connectivity index (χ3v) is 5.37. The molecule has 2 aromatic rings. The Labute approximate surface area is 176 Å². The summed E-state index contributed by atoms with van der Waals surface area (Å²) in [6.45, 7) is 9.09. The zero-order valence-electron chi connectivity index (χ0n) is 17.2. The van der Waals surface area contributed by atoms with Gasteiger partial charge in [0.2, 0.25) is 0 Å². The second-order valence-corrected chi connectivity index (χ2v) is 8.25. The maximum Gasteiger partial charge on any atom is 0.166 e. The number of para-hydroxylation sites is 2. The van der Waals surface area contributed by atoms with Crippen molar-refractivity contribution in [2.75, 3.05) is 11.8 Å². The molecule has 156 valence electrons. The van der Waals surface area contributed by atoms with Crippen molar-refractivity contribution in [2.24, 2.45) is 5.92 Å². The first-order chi connectivity index (χ1) is 13.8. The molecule has 2 unspecified atom stereocenters. The number of benzene rings is 1. The van der Waals surface area contributed by atoms with Gasteiger partial charge in [0, 0.05) is 29.8 Å². The summed E-state index contributed by atoms with van der Waals surface area (Å²) in [6, 6.07) is 7.03. The molecular weight excluding hydrogens is 386 g/mol. The quantitative estimate of drug-likeness (QED) is 0.377. The van der Waals surface area contributed by atoms with Crippen LogP contribution in [0.25, 0.3) is 5.69 Å². The fraction of sp³-hybridized carbons (Fsp3) is 0.429. The highest BCUT2D eigenvalue weighted by molar-refractivity contribution is 7.80. The Morgan fingerprint density at radius 2 is 2.07 bits per heavy atom. The van der Waals surface area contributed by atoms with Gasteiger partial charge in [-0.15, -0.1) is 0 Å². The van der Waals surface area contributed by atoms with E-state index in [0.29, 0.717) is 16.7 Å². The van der Waals surface area contributed by atoms with Crippen molar-refractivity contribution in [3.8, 4) is 5.69 Å². The maximum atomic E-state index is 11.5. The number of thiocarbonyl (C=S) groups is 1. The lowest BCUT2D eigenvalue weighted by atomic mass is 9.96. The van der Waals surface area contributed by atoms with Crippen LogP contribution in [0.1, 0.15) is 43.1 Å². The highest BCUT2D eigenvalue weighted by atomic mass is 32.1. The summed E-state index contributed by atoms with van der Waals surface area (Å²) in [5.74, 6) is 0.739. The molecule has 7 nitrogen and oxygen atoms in total. The Hall–Kier alpha value is -2.42. The second kappa shape index (κ2) is 8.94. The van der Waals surface area contributed by atoms with E-state index in [1.165, 1.54) is 0 Å². The van der Waals surface area contributed by atoms with Crippen LogP contribution >= 0.6 is 12.2 Å². The molecule has 0 saturated carbocycles. The fourth-order valence-corrected chi connectivity index (χ4v) is 4.00. The molecule has 0 aliphatic heterocycles. The van der Waals surface area contributed by atoms with Crippen molar-refractivity contribution in [1.29, 1.82) is 0 Å².